The molecule has 3 rings (SSSR count). The molecular weight excluding hydrogens is 355 g/mol. The second-order valence-electron chi connectivity index (χ2n) is 7.37. The maximum Gasteiger partial charge on any atom is 0.417 e. The topological polar surface area (TPSA) is 38.1 Å². The van der Waals surface area contributed by atoms with Gasteiger partial charge in [-0.15, -0.1) is 0 Å². The fourth-order valence-corrected chi connectivity index (χ4v) is 3.66. The van der Waals surface area contributed by atoms with Crippen LogP contribution >= 0.6 is 0 Å². The first-order chi connectivity index (χ1) is 12.8. The molecule has 1 saturated heterocycles. The number of amides is 1. The Morgan fingerprint density at radius 2 is 1.89 bits per heavy atom. The van der Waals surface area contributed by atoms with Crippen LogP contribution in [0.5, 0.6) is 0 Å². The number of halogens is 3. The summed E-state index contributed by atoms with van der Waals surface area (Å²) in [5, 5.41) is 0. The van der Waals surface area contributed by atoms with Gasteiger partial charge in [0.05, 0.1) is 11.1 Å². The van der Waals surface area contributed by atoms with Gasteiger partial charge in [0.15, 0.2) is 0 Å². The van der Waals surface area contributed by atoms with Crippen LogP contribution in [0.15, 0.2) is 36.7 Å². The zero-order valence-corrected chi connectivity index (χ0v) is 15.5. The highest BCUT2D eigenvalue weighted by molar-refractivity contribution is 5.96. The first-order valence-corrected chi connectivity index (χ1v) is 9.24. The fraction of sp³-hybridized carbons (Fsp3) is 0.500. The van der Waals surface area contributed by atoms with E-state index in [1.165, 1.54) is 18.2 Å². The third kappa shape index (κ3) is 4.34. The summed E-state index contributed by atoms with van der Waals surface area (Å²) in [4.78, 5) is 18.6. The molecule has 1 amide bonds. The summed E-state index contributed by atoms with van der Waals surface area (Å²) in [5.41, 5.74) is -1.13. The second kappa shape index (κ2) is 7.74. The summed E-state index contributed by atoms with van der Waals surface area (Å²) >= 11 is 0. The lowest BCUT2D eigenvalue weighted by atomic mass is 9.95. The van der Waals surface area contributed by atoms with Crippen molar-refractivity contribution >= 4 is 5.91 Å². The molecule has 2 heterocycles. The van der Waals surface area contributed by atoms with Crippen molar-refractivity contribution in [1.82, 2.24) is 14.5 Å². The van der Waals surface area contributed by atoms with Crippen LogP contribution in [-0.2, 0) is 12.7 Å². The highest BCUT2D eigenvalue weighted by Crippen LogP contribution is 2.33. The van der Waals surface area contributed by atoms with E-state index in [4.69, 9.17) is 0 Å². The Bertz CT molecular complexity index is 790. The zero-order chi connectivity index (χ0) is 19.6. The summed E-state index contributed by atoms with van der Waals surface area (Å²) in [6.07, 6.45) is 0.777. The van der Waals surface area contributed by atoms with E-state index in [2.05, 4.69) is 23.4 Å². The maximum absolute atomic E-state index is 13.2. The number of likely N-dealkylation sites (tertiary alicyclic amines) is 1. The highest BCUT2D eigenvalue weighted by atomic mass is 19.4. The number of rotatable bonds is 4. The van der Waals surface area contributed by atoms with Crippen molar-refractivity contribution in [2.24, 2.45) is 5.92 Å². The van der Waals surface area contributed by atoms with Gasteiger partial charge in [-0.3, -0.25) is 4.79 Å². The summed E-state index contributed by atoms with van der Waals surface area (Å²) in [6, 6.07) is 5.01. The quantitative estimate of drug-likeness (QED) is 0.780. The van der Waals surface area contributed by atoms with E-state index in [1.807, 2.05) is 6.20 Å². The van der Waals surface area contributed by atoms with E-state index >= 15 is 0 Å². The van der Waals surface area contributed by atoms with Gasteiger partial charge >= 0.3 is 6.18 Å². The lowest BCUT2D eigenvalue weighted by Crippen LogP contribution is -2.40. The van der Waals surface area contributed by atoms with Gasteiger partial charge in [0.2, 0.25) is 0 Å². The van der Waals surface area contributed by atoms with Gasteiger partial charge in [0, 0.05) is 37.9 Å². The van der Waals surface area contributed by atoms with Crippen LogP contribution in [0.4, 0.5) is 13.2 Å². The predicted molar refractivity (Wildman–Crippen MR) is 96.4 cm³/mol. The summed E-state index contributed by atoms with van der Waals surface area (Å²) in [7, 11) is 0. The number of alkyl halides is 3. The van der Waals surface area contributed by atoms with Gasteiger partial charge in [0.25, 0.3) is 5.91 Å². The number of nitrogens with zero attached hydrogens (tertiary/aromatic N) is 3. The van der Waals surface area contributed by atoms with E-state index in [-0.39, 0.29) is 5.56 Å². The largest absolute Gasteiger partial charge is 0.417 e. The van der Waals surface area contributed by atoms with Crippen LogP contribution < -0.4 is 0 Å². The Morgan fingerprint density at radius 1 is 1.22 bits per heavy atom. The Hall–Kier alpha value is -2.31. The smallest absolute Gasteiger partial charge is 0.339 e. The summed E-state index contributed by atoms with van der Waals surface area (Å²) in [6.45, 7) is 5.97. The molecule has 0 N–H and O–H groups in total. The van der Waals surface area contributed by atoms with Gasteiger partial charge < -0.3 is 9.47 Å². The van der Waals surface area contributed by atoms with Gasteiger partial charge in [-0.05, 0) is 30.9 Å². The van der Waals surface area contributed by atoms with E-state index in [0.717, 1.165) is 31.3 Å². The second-order valence-corrected chi connectivity index (χ2v) is 7.37. The molecule has 0 saturated carbocycles. The molecule has 1 aromatic carbocycles. The molecule has 4 nitrogen and oxygen atoms in total. The van der Waals surface area contributed by atoms with Crippen molar-refractivity contribution in [3.63, 3.8) is 0 Å². The van der Waals surface area contributed by atoms with Crippen LogP contribution in [0.2, 0.25) is 0 Å². The van der Waals surface area contributed by atoms with Crippen LogP contribution in [0, 0.1) is 5.92 Å². The average Bonchev–Trinajstić information content (AvgIpc) is 3.09. The normalized spacial score (nSPS) is 16.1. The first kappa shape index (κ1) is 19.5. The molecule has 0 spiro atoms. The van der Waals surface area contributed by atoms with Crippen molar-refractivity contribution in [3.8, 4) is 0 Å². The number of hydrogen-bond donors (Lipinski definition) is 0. The van der Waals surface area contributed by atoms with Crippen LogP contribution in [0.1, 0.15) is 54.4 Å². The molecule has 1 aromatic heterocycles. The van der Waals surface area contributed by atoms with E-state index in [1.54, 1.807) is 11.1 Å². The maximum atomic E-state index is 13.2. The standard InChI is InChI=1S/C20H24F3N3O/c1-14(2)18-24-9-12-26(18)13-15-7-10-25(11-8-15)19(27)16-5-3-4-6-17(16)20(21,22)23/h3-6,9,12,14-15H,7-8,10-11,13H2,1-2H3. The summed E-state index contributed by atoms with van der Waals surface area (Å²) in [5.74, 6) is 1.22. The first-order valence-electron chi connectivity index (χ1n) is 9.24. The molecule has 27 heavy (non-hydrogen) atoms. The minimum atomic E-state index is -4.53. The number of carbonyl (C=O) groups is 1. The SMILES string of the molecule is CC(C)c1nccn1CC1CCN(C(=O)c2ccccc2C(F)(F)F)CC1. The zero-order valence-electron chi connectivity index (χ0n) is 15.5. The van der Waals surface area contributed by atoms with Gasteiger partial charge in [-0.25, -0.2) is 4.98 Å². The van der Waals surface area contributed by atoms with Crippen LogP contribution in [-0.4, -0.2) is 33.4 Å². The van der Waals surface area contributed by atoms with E-state index < -0.39 is 17.6 Å². The molecule has 7 heteroatoms. The van der Waals surface area contributed by atoms with Gasteiger partial charge in [-0.1, -0.05) is 26.0 Å². The molecule has 1 aliphatic rings. The average molecular weight is 379 g/mol. The van der Waals surface area contributed by atoms with Gasteiger partial charge in [-0.2, -0.15) is 13.2 Å². The highest BCUT2D eigenvalue weighted by Gasteiger charge is 2.36. The molecule has 1 fully saturated rings. The molecule has 0 aliphatic carbocycles. The van der Waals surface area contributed by atoms with Crippen LogP contribution in [0.3, 0.4) is 0 Å². The lowest BCUT2D eigenvalue weighted by Gasteiger charge is -2.33. The summed E-state index contributed by atoms with van der Waals surface area (Å²) < 4.78 is 41.7. The molecule has 0 unspecified atom stereocenters. The number of piperidine rings is 1. The van der Waals surface area contributed by atoms with Crippen molar-refractivity contribution in [1.29, 1.82) is 0 Å². The van der Waals surface area contributed by atoms with Crippen molar-refractivity contribution in [2.45, 2.75) is 45.3 Å². The molecule has 146 valence electrons. The predicted octanol–water partition coefficient (Wildman–Crippen LogP) is 4.58. The number of carbonyl (C=O) groups excluding carboxylic acids is 1. The monoisotopic (exact) mass is 379 g/mol. The van der Waals surface area contributed by atoms with Crippen molar-refractivity contribution < 1.29 is 18.0 Å². The lowest BCUT2D eigenvalue weighted by molar-refractivity contribution is -0.138. The number of imidazole rings is 1. The van der Waals surface area contributed by atoms with Crippen molar-refractivity contribution in [3.05, 3.63) is 53.6 Å². The molecule has 0 bridgehead atoms. The number of benzene rings is 1. The molecule has 0 radical (unpaired) electrons. The van der Waals surface area contributed by atoms with Gasteiger partial charge in [0.1, 0.15) is 5.82 Å². The Labute approximate surface area is 157 Å². The molecule has 0 atom stereocenters. The fourth-order valence-electron chi connectivity index (χ4n) is 3.66. The van der Waals surface area contributed by atoms with E-state index in [9.17, 15) is 18.0 Å². The molecule has 1 aliphatic heterocycles. The van der Waals surface area contributed by atoms with E-state index in [0.29, 0.717) is 24.9 Å². The molecule has 2 aromatic rings. The Balaban J connectivity index is 1.64. The Kier molecular flexibility index (Phi) is 5.58. The third-order valence-electron chi connectivity index (χ3n) is 5.08. The van der Waals surface area contributed by atoms with Crippen LogP contribution in [0.25, 0.3) is 0 Å². The number of aromatic nitrogens is 2. The third-order valence-corrected chi connectivity index (χ3v) is 5.08. The Morgan fingerprint density at radius 3 is 2.52 bits per heavy atom. The minimum Gasteiger partial charge on any atom is -0.339 e. The molecular formula is C20H24F3N3O. The van der Waals surface area contributed by atoms with Crippen molar-refractivity contribution in [2.75, 3.05) is 13.1 Å². The minimum absolute atomic E-state index is 0.264. The number of hydrogen-bond acceptors (Lipinski definition) is 2.